The van der Waals surface area contributed by atoms with Crippen molar-refractivity contribution in [2.24, 2.45) is 11.7 Å². The summed E-state index contributed by atoms with van der Waals surface area (Å²) in [5.41, 5.74) is 5.54. The maximum atomic E-state index is 11.7. The Morgan fingerprint density at radius 3 is 2.59 bits per heavy atom. The van der Waals surface area contributed by atoms with Gasteiger partial charge in [-0.2, -0.15) is 11.8 Å². The van der Waals surface area contributed by atoms with Gasteiger partial charge in [0.05, 0.1) is 0 Å². The Bertz CT molecular complexity index is 200. The van der Waals surface area contributed by atoms with Crippen LogP contribution in [0, 0.1) is 5.92 Å². The first-order valence-corrected chi connectivity index (χ1v) is 8.01. The highest BCUT2D eigenvalue weighted by Crippen LogP contribution is 2.14. The first-order valence-electron chi connectivity index (χ1n) is 6.62. The average Bonchev–Trinajstić information content (AvgIpc) is 2.31. The summed E-state index contributed by atoms with van der Waals surface area (Å²) in [4.78, 5) is 11.7. The molecule has 4 heteroatoms. The van der Waals surface area contributed by atoms with Gasteiger partial charge in [0.15, 0.2) is 0 Å². The van der Waals surface area contributed by atoms with Gasteiger partial charge in [-0.15, -0.1) is 0 Å². The molecule has 0 heterocycles. The number of nitrogens with two attached hydrogens (primary N) is 1. The lowest BCUT2D eigenvalue weighted by molar-refractivity contribution is -0.122. The molecule has 0 aromatic rings. The Labute approximate surface area is 110 Å². The van der Waals surface area contributed by atoms with Gasteiger partial charge < -0.3 is 11.1 Å². The van der Waals surface area contributed by atoms with Crippen LogP contribution < -0.4 is 11.1 Å². The van der Waals surface area contributed by atoms with Crippen LogP contribution in [0.2, 0.25) is 0 Å². The molecule has 0 saturated heterocycles. The molecule has 17 heavy (non-hydrogen) atoms. The van der Waals surface area contributed by atoms with Crippen LogP contribution in [0.1, 0.15) is 46.0 Å². The third kappa shape index (κ3) is 9.48. The molecule has 102 valence electrons. The SMILES string of the molecule is CCC(CCN)CCC(=O)NC(C)CCSC. The fourth-order valence-electron chi connectivity index (χ4n) is 1.84. The molecule has 0 rings (SSSR count). The summed E-state index contributed by atoms with van der Waals surface area (Å²) in [6.45, 7) is 4.97. The van der Waals surface area contributed by atoms with Crippen molar-refractivity contribution in [1.82, 2.24) is 5.32 Å². The standard InChI is InChI=1S/C13H28N2OS/c1-4-12(7-9-14)5-6-13(16)15-11(2)8-10-17-3/h11-12H,4-10,14H2,1-3H3,(H,15,16). The van der Waals surface area contributed by atoms with Crippen LogP contribution in [0.25, 0.3) is 0 Å². The van der Waals surface area contributed by atoms with Crippen molar-refractivity contribution >= 4 is 17.7 Å². The van der Waals surface area contributed by atoms with E-state index in [1.165, 1.54) is 0 Å². The van der Waals surface area contributed by atoms with E-state index in [1.807, 2.05) is 11.8 Å². The van der Waals surface area contributed by atoms with Gasteiger partial charge >= 0.3 is 0 Å². The molecule has 1 amide bonds. The summed E-state index contributed by atoms with van der Waals surface area (Å²) in [6.07, 6.45) is 6.90. The van der Waals surface area contributed by atoms with Crippen LogP contribution in [0.4, 0.5) is 0 Å². The van der Waals surface area contributed by atoms with Gasteiger partial charge in [0.25, 0.3) is 0 Å². The van der Waals surface area contributed by atoms with Gasteiger partial charge in [0.1, 0.15) is 0 Å². The van der Waals surface area contributed by atoms with Crippen LogP contribution in [0.15, 0.2) is 0 Å². The topological polar surface area (TPSA) is 55.1 Å². The third-order valence-electron chi connectivity index (χ3n) is 3.09. The zero-order chi connectivity index (χ0) is 13.1. The molecule has 0 aliphatic heterocycles. The highest BCUT2D eigenvalue weighted by molar-refractivity contribution is 7.98. The lowest BCUT2D eigenvalue weighted by Crippen LogP contribution is -2.33. The Hall–Kier alpha value is -0.220. The molecule has 3 nitrogen and oxygen atoms in total. The zero-order valence-corrected chi connectivity index (χ0v) is 12.3. The van der Waals surface area contributed by atoms with Gasteiger partial charge in [-0.1, -0.05) is 13.3 Å². The maximum Gasteiger partial charge on any atom is 0.220 e. The van der Waals surface area contributed by atoms with Crippen LogP contribution in [0.5, 0.6) is 0 Å². The van der Waals surface area contributed by atoms with Crippen LogP contribution >= 0.6 is 11.8 Å². The predicted molar refractivity (Wildman–Crippen MR) is 77.3 cm³/mol. The normalized spacial score (nSPS) is 14.4. The zero-order valence-electron chi connectivity index (χ0n) is 11.5. The summed E-state index contributed by atoms with van der Waals surface area (Å²) in [5.74, 6) is 1.90. The first-order chi connectivity index (χ1) is 8.13. The van der Waals surface area contributed by atoms with E-state index >= 15 is 0 Å². The average molecular weight is 260 g/mol. The van der Waals surface area contributed by atoms with E-state index in [-0.39, 0.29) is 5.91 Å². The quantitative estimate of drug-likeness (QED) is 0.634. The lowest BCUT2D eigenvalue weighted by atomic mass is 9.96. The number of amides is 1. The molecule has 0 radical (unpaired) electrons. The van der Waals surface area contributed by atoms with Gasteiger partial charge in [-0.05, 0) is 50.7 Å². The molecule has 0 aromatic carbocycles. The Balaban J connectivity index is 3.70. The molecule has 0 aliphatic carbocycles. The Kier molecular flexibility index (Phi) is 10.8. The lowest BCUT2D eigenvalue weighted by Gasteiger charge is -2.16. The smallest absolute Gasteiger partial charge is 0.220 e. The number of nitrogens with one attached hydrogen (secondary N) is 1. The number of thioether (sulfide) groups is 1. The minimum absolute atomic E-state index is 0.189. The van der Waals surface area contributed by atoms with Crippen LogP contribution in [-0.2, 0) is 4.79 Å². The van der Waals surface area contributed by atoms with Crippen molar-refractivity contribution in [2.45, 2.75) is 52.0 Å². The van der Waals surface area contributed by atoms with Gasteiger partial charge in [-0.25, -0.2) is 0 Å². The highest BCUT2D eigenvalue weighted by Gasteiger charge is 2.10. The molecule has 0 aliphatic rings. The van der Waals surface area contributed by atoms with E-state index in [1.54, 1.807) is 0 Å². The van der Waals surface area contributed by atoms with E-state index < -0.39 is 0 Å². The number of rotatable bonds is 10. The Morgan fingerprint density at radius 2 is 2.06 bits per heavy atom. The van der Waals surface area contributed by atoms with Gasteiger partial charge in [0.2, 0.25) is 5.91 Å². The molecule has 0 saturated carbocycles. The minimum Gasteiger partial charge on any atom is -0.354 e. The molecule has 0 aromatic heterocycles. The summed E-state index contributed by atoms with van der Waals surface area (Å²) in [6, 6.07) is 0.296. The Morgan fingerprint density at radius 1 is 1.35 bits per heavy atom. The summed E-state index contributed by atoms with van der Waals surface area (Å²) >= 11 is 1.82. The first kappa shape index (κ1) is 16.8. The van der Waals surface area contributed by atoms with Crippen molar-refractivity contribution in [3.63, 3.8) is 0 Å². The molecule has 2 atom stereocenters. The fraction of sp³-hybridized carbons (Fsp3) is 0.923. The number of hydrogen-bond donors (Lipinski definition) is 2. The maximum absolute atomic E-state index is 11.7. The minimum atomic E-state index is 0.189. The van der Waals surface area contributed by atoms with Crippen LogP contribution in [-0.4, -0.2) is 30.5 Å². The molecular weight excluding hydrogens is 232 g/mol. The van der Waals surface area contributed by atoms with Crippen molar-refractivity contribution in [3.05, 3.63) is 0 Å². The fourth-order valence-corrected chi connectivity index (χ4v) is 2.43. The second kappa shape index (κ2) is 10.9. The van der Waals surface area contributed by atoms with E-state index in [9.17, 15) is 4.79 Å². The van der Waals surface area contributed by atoms with Gasteiger partial charge in [-0.3, -0.25) is 4.79 Å². The summed E-state index contributed by atoms with van der Waals surface area (Å²) in [7, 11) is 0. The molecule has 2 unspecified atom stereocenters. The number of carbonyl (C=O) groups is 1. The van der Waals surface area contributed by atoms with Crippen molar-refractivity contribution in [2.75, 3.05) is 18.6 Å². The van der Waals surface area contributed by atoms with Crippen molar-refractivity contribution in [3.8, 4) is 0 Å². The second-order valence-electron chi connectivity index (χ2n) is 4.64. The molecule has 0 spiro atoms. The van der Waals surface area contributed by atoms with E-state index in [4.69, 9.17) is 5.73 Å². The van der Waals surface area contributed by atoms with Crippen LogP contribution in [0.3, 0.4) is 0 Å². The second-order valence-corrected chi connectivity index (χ2v) is 5.63. The molecule has 0 fully saturated rings. The highest BCUT2D eigenvalue weighted by atomic mass is 32.2. The number of hydrogen-bond acceptors (Lipinski definition) is 3. The molecule has 0 bridgehead atoms. The van der Waals surface area contributed by atoms with E-state index in [0.717, 1.165) is 38.0 Å². The molecule has 3 N–H and O–H groups in total. The van der Waals surface area contributed by atoms with Crippen molar-refractivity contribution < 1.29 is 4.79 Å². The summed E-state index contributed by atoms with van der Waals surface area (Å²) < 4.78 is 0. The molecular formula is C13H28N2OS. The summed E-state index contributed by atoms with van der Waals surface area (Å²) in [5, 5.41) is 3.05. The van der Waals surface area contributed by atoms with Gasteiger partial charge in [0, 0.05) is 12.5 Å². The largest absolute Gasteiger partial charge is 0.354 e. The van der Waals surface area contributed by atoms with Crippen molar-refractivity contribution in [1.29, 1.82) is 0 Å². The van der Waals surface area contributed by atoms with E-state index in [0.29, 0.717) is 18.4 Å². The predicted octanol–water partition coefficient (Wildman–Crippen LogP) is 2.40. The third-order valence-corrected chi connectivity index (χ3v) is 3.74. The number of carbonyl (C=O) groups excluding carboxylic acids is 1. The van der Waals surface area contributed by atoms with E-state index in [2.05, 4.69) is 25.4 Å². The monoisotopic (exact) mass is 260 g/mol.